The molecule has 4 heteroatoms. The van der Waals surface area contributed by atoms with E-state index < -0.39 is 0 Å². The van der Waals surface area contributed by atoms with Gasteiger partial charge < -0.3 is 15.8 Å². The third kappa shape index (κ3) is 2.96. The number of rotatable bonds is 4. The summed E-state index contributed by atoms with van der Waals surface area (Å²) in [4.78, 5) is 11.6. The molecular weight excluding hydrogens is 180 g/mol. The summed E-state index contributed by atoms with van der Waals surface area (Å²) in [6.07, 6.45) is 1.59. The zero-order valence-electron chi connectivity index (χ0n) is 8.95. The van der Waals surface area contributed by atoms with Crippen LogP contribution < -0.4 is 11.1 Å². The monoisotopic (exact) mass is 200 g/mol. The standard InChI is InChI=1S/C10H20N2O2/c1-7(6-11)8(2)12-10(13)9-4-3-5-14-9/h7-9H,3-6,11H2,1-2H3,(H,12,13). The molecular formula is C10H20N2O2. The summed E-state index contributed by atoms with van der Waals surface area (Å²) >= 11 is 0. The van der Waals surface area contributed by atoms with Gasteiger partial charge in [0.05, 0.1) is 0 Å². The Kier molecular flexibility index (Phi) is 4.35. The molecule has 0 aromatic rings. The van der Waals surface area contributed by atoms with Gasteiger partial charge in [-0.2, -0.15) is 0 Å². The predicted octanol–water partition coefficient (Wildman–Crippen LogP) is 0.265. The van der Waals surface area contributed by atoms with Crippen LogP contribution in [-0.2, 0) is 9.53 Å². The molecule has 1 aliphatic heterocycles. The second kappa shape index (κ2) is 5.32. The molecule has 1 aliphatic rings. The van der Waals surface area contributed by atoms with Gasteiger partial charge >= 0.3 is 0 Å². The summed E-state index contributed by atoms with van der Waals surface area (Å²) in [7, 11) is 0. The lowest BCUT2D eigenvalue weighted by Crippen LogP contribution is -2.44. The summed E-state index contributed by atoms with van der Waals surface area (Å²) in [5.74, 6) is 0.315. The Labute approximate surface area is 85.2 Å². The lowest BCUT2D eigenvalue weighted by atomic mass is 10.0. The van der Waals surface area contributed by atoms with E-state index in [0.29, 0.717) is 19.1 Å². The number of nitrogens with one attached hydrogen (secondary N) is 1. The fraction of sp³-hybridized carbons (Fsp3) is 0.900. The van der Waals surface area contributed by atoms with Crippen molar-refractivity contribution in [3.05, 3.63) is 0 Å². The van der Waals surface area contributed by atoms with Gasteiger partial charge in [0, 0.05) is 12.6 Å². The zero-order valence-corrected chi connectivity index (χ0v) is 8.95. The number of ether oxygens (including phenoxy) is 1. The van der Waals surface area contributed by atoms with E-state index in [1.54, 1.807) is 0 Å². The molecule has 1 rings (SSSR count). The molecule has 0 saturated carbocycles. The van der Waals surface area contributed by atoms with E-state index in [1.807, 2.05) is 13.8 Å². The largest absolute Gasteiger partial charge is 0.368 e. The van der Waals surface area contributed by atoms with E-state index in [2.05, 4.69) is 5.32 Å². The summed E-state index contributed by atoms with van der Waals surface area (Å²) in [5, 5.41) is 2.93. The molecule has 0 aromatic heterocycles. The van der Waals surface area contributed by atoms with Gasteiger partial charge in [-0.1, -0.05) is 6.92 Å². The lowest BCUT2D eigenvalue weighted by molar-refractivity contribution is -0.131. The Morgan fingerprint density at radius 3 is 2.86 bits per heavy atom. The van der Waals surface area contributed by atoms with E-state index >= 15 is 0 Å². The molecule has 0 radical (unpaired) electrons. The second-order valence-corrected chi connectivity index (χ2v) is 4.01. The van der Waals surface area contributed by atoms with Crippen molar-refractivity contribution in [2.45, 2.75) is 38.8 Å². The van der Waals surface area contributed by atoms with Gasteiger partial charge in [-0.05, 0) is 32.2 Å². The lowest BCUT2D eigenvalue weighted by Gasteiger charge is -2.21. The average molecular weight is 200 g/mol. The number of carbonyl (C=O) groups excluding carboxylic acids is 1. The minimum Gasteiger partial charge on any atom is -0.368 e. The Bertz CT molecular complexity index is 191. The van der Waals surface area contributed by atoms with E-state index in [4.69, 9.17) is 10.5 Å². The molecule has 3 N–H and O–H groups in total. The molecule has 0 spiro atoms. The molecule has 0 aliphatic carbocycles. The van der Waals surface area contributed by atoms with Crippen molar-refractivity contribution < 1.29 is 9.53 Å². The average Bonchev–Trinajstić information content (AvgIpc) is 2.69. The van der Waals surface area contributed by atoms with Gasteiger partial charge in [0.2, 0.25) is 5.91 Å². The Balaban J connectivity index is 2.31. The van der Waals surface area contributed by atoms with Crippen molar-refractivity contribution in [1.82, 2.24) is 5.32 Å². The Morgan fingerprint density at radius 1 is 1.64 bits per heavy atom. The smallest absolute Gasteiger partial charge is 0.249 e. The van der Waals surface area contributed by atoms with Crippen molar-refractivity contribution in [1.29, 1.82) is 0 Å². The van der Waals surface area contributed by atoms with E-state index in [-0.39, 0.29) is 18.1 Å². The molecule has 14 heavy (non-hydrogen) atoms. The van der Waals surface area contributed by atoms with Gasteiger partial charge in [-0.25, -0.2) is 0 Å². The second-order valence-electron chi connectivity index (χ2n) is 4.01. The molecule has 82 valence electrons. The molecule has 3 unspecified atom stereocenters. The number of carbonyl (C=O) groups is 1. The normalized spacial score (nSPS) is 25.8. The minimum atomic E-state index is -0.234. The van der Waals surface area contributed by atoms with Gasteiger partial charge in [-0.3, -0.25) is 4.79 Å². The van der Waals surface area contributed by atoms with Crippen molar-refractivity contribution >= 4 is 5.91 Å². The molecule has 4 nitrogen and oxygen atoms in total. The van der Waals surface area contributed by atoms with E-state index in [9.17, 15) is 4.79 Å². The van der Waals surface area contributed by atoms with Gasteiger partial charge in [0.15, 0.2) is 0 Å². The first-order valence-corrected chi connectivity index (χ1v) is 5.27. The minimum absolute atomic E-state index is 0.00954. The molecule has 1 fully saturated rings. The maximum Gasteiger partial charge on any atom is 0.249 e. The van der Waals surface area contributed by atoms with Crippen LogP contribution >= 0.6 is 0 Å². The molecule has 3 atom stereocenters. The first kappa shape index (κ1) is 11.5. The summed E-state index contributed by atoms with van der Waals surface area (Å²) in [6, 6.07) is 0.122. The van der Waals surface area contributed by atoms with Crippen molar-refractivity contribution in [2.24, 2.45) is 11.7 Å². The Morgan fingerprint density at radius 2 is 2.36 bits per heavy atom. The van der Waals surface area contributed by atoms with Crippen LogP contribution in [0, 0.1) is 5.92 Å². The maximum atomic E-state index is 11.6. The fourth-order valence-corrected chi connectivity index (χ4v) is 1.45. The van der Waals surface area contributed by atoms with Crippen molar-refractivity contribution in [3.8, 4) is 0 Å². The number of hydrogen-bond acceptors (Lipinski definition) is 3. The molecule has 0 aromatic carbocycles. The van der Waals surface area contributed by atoms with Crippen LogP contribution in [-0.4, -0.2) is 31.2 Å². The third-order valence-corrected chi connectivity index (χ3v) is 2.82. The highest BCUT2D eigenvalue weighted by atomic mass is 16.5. The van der Waals surface area contributed by atoms with Crippen LogP contribution in [0.1, 0.15) is 26.7 Å². The Hall–Kier alpha value is -0.610. The van der Waals surface area contributed by atoms with Crippen LogP contribution in [0.4, 0.5) is 0 Å². The number of amides is 1. The van der Waals surface area contributed by atoms with Crippen LogP contribution in [0.25, 0.3) is 0 Å². The molecule has 1 heterocycles. The molecule has 1 saturated heterocycles. The van der Waals surface area contributed by atoms with E-state index in [1.165, 1.54) is 0 Å². The predicted molar refractivity (Wildman–Crippen MR) is 54.8 cm³/mol. The maximum absolute atomic E-state index is 11.6. The van der Waals surface area contributed by atoms with E-state index in [0.717, 1.165) is 12.8 Å². The highest BCUT2D eigenvalue weighted by Crippen LogP contribution is 2.12. The highest BCUT2D eigenvalue weighted by Gasteiger charge is 2.25. The topological polar surface area (TPSA) is 64.3 Å². The highest BCUT2D eigenvalue weighted by molar-refractivity contribution is 5.81. The van der Waals surface area contributed by atoms with Gasteiger partial charge in [0.25, 0.3) is 0 Å². The van der Waals surface area contributed by atoms with Crippen molar-refractivity contribution in [2.75, 3.05) is 13.2 Å². The van der Waals surface area contributed by atoms with Crippen LogP contribution in [0.3, 0.4) is 0 Å². The summed E-state index contributed by atoms with van der Waals surface area (Å²) in [6.45, 7) is 5.30. The number of hydrogen-bond donors (Lipinski definition) is 2. The SMILES string of the molecule is CC(CN)C(C)NC(=O)C1CCCO1. The van der Waals surface area contributed by atoms with Crippen LogP contribution in [0.5, 0.6) is 0 Å². The van der Waals surface area contributed by atoms with Gasteiger partial charge in [-0.15, -0.1) is 0 Å². The zero-order chi connectivity index (χ0) is 10.6. The third-order valence-electron chi connectivity index (χ3n) is 2.82. The van der Waals surface area contributed by atoms with Crippen LogP contribution in [0.2, 0.25) is 0 Å². The molecule has 0 bridgehead atoms. The first-order valence-electron chi connectivity index (χ1n) is 5.27. The number of nitrogens with two attached hydrogens (primary N) is 1. The van der Waals surface area contributed by atoms with Gasteiger partial charge in [0.1, 0.15) is 6.10 Å². The van der Waals surface area contributed by atoms with Crippen LogP contribution in [0.15, 0.2) is 0 Å². The first-order chi connectivity index (χ1) is 6.65. The summed E-state index contributed by atoms with van der Waals surface area (Å²) < 4.78 is 5.29. The molecule has 1 amide bonds. The quantitative estimate of drug-likeness (QED) is 0.684. The fourth-order valence-electron chi connectivity index (χ4n) is 1.45. The van der Waals surface area contributed by atoms with Crippen molar-refractivity contribution in [3.63, 3.8) is 0 Å². The summed E-state index contributed by atoms with van der Waals surface area (Å²) in [5.41, 5.74) is 5.52.